The molecule has 0 saturated carbocycles. The Kier molecular flexibility index (Phi) is 43.9. The van der Waals surface area contributed by atoms with Crippen LogP contribution in [0.3, 0.4) is 0 Å². The average molecular weight is 1990 g/mol. The largest absolute Gasteiger partial charge is 0.492 e. The molecule has 0 aromatic heterocycles. The van der Waals surface area contributed by atoms with Crippen LogP contribution in [0.1, 0.15) is 135 Å². The van der Waals surface area contributed by atoms with Crippen LogP contribution in [0.5, 0.6) is 17.2 Å². The van der Waals surface area contributed by atoms with Gasteiger partial charge in [-0.05, 0) is 118 Å². The van der Waals surface area contributed by atoms with Crippen LogP contribution in [0.25, 0.3) is 0 Å². The topological polar surface area (TPSA) is 560 Å². The van der Waals surface area contributed by atoms with Gasteiger partial charge < -0.3 is 134 Å². The molecule has 5 aliphatic rings. The normalized spacial score (nSPS) is 25.6. The molecule has 2 bridgehead atoms. The molecule has 16 N–H and O–H groups in total. The second-order valence-corrected chi connectivity index (χ2v) is 36.1. The maximum atomic E-state index is 14.6. The Balaban J connectivity index is 1.09. The molecule has 2 aliphatic carbocycles. The summed E-state index contributed by atoms with van der Waals surface area (Å²) in [4.78, 5) is 140. The number of likely N-dealkylation sites (N-methyl/N-ethyl adjacent to an activating group) is 1. The summed E-state index contributed by atoms with van der Waals surface area (Å²) < 4.78 is 72.3. The molecule has 7 amide bonds. The SMILES string of the molecule is CCC(O)C(OC)C(O)C(O)Oc1c(I)c(C)c(C(=O)SC2C(O)CC(ONC3C(C)OC(O[C@H]4C#C/C=C\C#C[C@]5(O)CC(=O)C(NC(=O)OC)=C4/C5=C\CSSC(C)CCC(=O)NCC(O)CO)C(OC4CC(OC)C(N(CC)C(=O)CNC(=O)OCc5ccc(NC(=O)[C@H](C)NC(=O)[C@@H](NC(=O)CCCC(=O)O)C(C)C)cc5)CO4)C3O)OC2C)c(OC)c1OC. The summed E-state index contributed by atoms with van der Waals surface area (Å²) in [5, 5.41) is 112. The molecule has 3 fully saturated rings. The number of benzene rings is 2. The van der Waals surface area contributed by atoms with E-state index in [4.69, 9.17) is 66.8 Å². The fourth-order valence-corrected chi connectivity index (χ4v) is 18.3. The molecule has 3 saturated heterocycles. The number of amides is 7. The number of halogens is 1. The summed E-state index contributed by atoms with van der Waals surface area (Å²) in [6.07, 6.45) is -19.6. The number of carbonyl (C=O) groups is 10. The van der Waals surface area contributed by atoms with E-state index in [1.54, 1.807) is 66.7 Å². The van der Waals surface area contributed by atoms with E-state index in [2.05, 4.69) is 61.1 Å². The number of alkyl carbamates (subject to hydrolysis) is 2. The first-order chi connectivity index (χ1) is 61.3. The smallest absolute Gasteiger partial charge is 0.411 e. The number of thioether (sulfide) groups is 1. The molecule has 0 radical (unpaired) electrons. The minimum absolute atomic E-state index is 0.0111. The number of aliphatic carboxylic acids is 1. The molecule has 7 rings (SSSR count). The van der Waals surface area contributed by atoms with Crippen molar-refractivity contribution in [2.24, 2.45) is 5.92 Å². The molecule has 129 heavy (non-hydrogen) atoms. The summed E-state index contributed by atoms with van der Waals surface area (Å²) in [5.74, 6) is 6.22. The molecular weight excluding hydrogens is 1870 g/mol. The molecule has 22 atom stereocenters. The number of aliphatic hydroxyl groups is 8. The summed E-state index contributed by atoms with van der Waals surface area (Å²) >= 11 is 2.61. The molecule has 18 unspecified atom stereocenters. The van der Waals surface area contributed by atoms with Crippen LogP contribution in [0.4, 0.5) is 15.3 Å². The standard InChI is InChI=1S/C85H119IN8O32S3/c1-15-53(97)72(115-11)71(106)80(109)125-74-66(86)44(6)64(73(116-12)76(74)117-13)81(110)128-77-47(9)121-63(34-54(77)98)126-93-68-46(8)122-82(123-56-22-19-17-18-20-32-85(113)36-55(99)69(92-84(112)118-14)65(56)51(85)31-33-127-129-43(5)25-30-58(100)87-37-50(96)39-95)75(70(68)105)124-62-35-57(114-10)52(41-119-62)94(16-2)60(102)38-88-83(111)120-40-48-26-28-49(29-27-48)90-78(107)45(7)89-79(108)67(42(3)4)91-59(101)23-21-24-61(103)104/h17-18,26-29,31,42-43,45-47,50,52-54,56-57,62-63,67-68,70-72,75,77,80,82,93,95-98,105-106,109,113H,15-16,21,23-25,30,33-41H2,1-14H3,(H,87,100)(H,88,111)(H,89,108)(H,90,107)(H,91,101)(H,92,112)(H,103,104)/b18-17-,51-31+/t43?,45-,46?,47?,50?,52?,53?,54?,56-,57?,62?,63?,67-,68?,70?,71?,72?,75?,77?,80?,82?,85-/m0/s1. The van der Waals surface area contributed by atoms with Gasteiger partial charge in [0.05, 0.1) is 110 Å². The molecule has 716 valence electrons. The van der Waals surface area contributed by atoms with Crippen LogP contribution in [0.15, 0.2) is 59.3 Å². The third-order valence-corrected chi connectivity index (χ3v) is 26.9. The van der Waals surface area contributed by atoms with Gasteiger partial charge in [0.2, 0.25) is 46.7 Å². The third-order valence-electron chi connectivity index (χ3n) is 21.4. The van der Waals surface area contributed by atoms with Crippen molar-refractivity contribution >= 4 is 120 Å². The fourth-order valence-electron chi connectivity index (χ4n) is 14.3. The van der Waals surface area contributed by atoms with Crippen LogP contribution in [0, 0.1) is 40.1 Å². The van der Waals surface area contributed by atoms with Crippen LogP contribution >= 0.6 is 55.9 Å². The van der Waals surface area contributed by atoms with Gasteiger partial charge in [0, 0.05) is 87.2 Å². The van der Waals surface area contributed by atoms with E-state index in [-0.39, 0.29) is 132 Å². The molecule has 44 heteroatoms. The van der Waals surface area contributed by atoms with Gasteiger partial charge >= 0.3 is 18.2 Å². The number of nitrogens with one attached hydrogen (secondary N) is 7. The Morgan fingerprint density at radius 3 is 2.16 bits per heavy atom. The fraction of sp³-hybridized carbons (Fsp3) is 0.624. The highest BCUT2D eigenvalue weighted by molar-refractivity contribution is 14.1. The Bertz CT molecular complexity index is 4400. The van der Waals surface area contributed by atoms with Crippen molar-refractivity contribution in [1.82, 2.24) is 37.0 Å². The first kappa shape index (κ1) is 108. The number of rotatable bonds is 46. The van der Waals surface area contributed by atoms with E-state index < -0.39 is 205 Å². The maximum Gasteiger partial charge on any atom is 0.411 e. The van der Waals surface area contributed by atoms with Crippen molar-refractivity contribution in [1.29, 1.82) is 0 Å². The number of aliphatic hydroxyl groups excluding tert-OH is 7. The van der Waals surface area contributed by atoms with Crippen LogP contribution in [-0.2, 0) is 87.6 Å². The van der Waals surface area contributed by atoms with Gasteiger partial charge in [-0.3, -0.25) is 48.5 Å². The lowest BCUT2D eigenvalue weighted by Crippen LogP contribution is -2.65. The van der Waals surface area contributed by atoms with Gasteiger partial charge in [-0.25, -0.2) is 9.59 Å². The van der Waals surface area contributed by atoms with E-state index in [0.717, 1.165) is 18.9 Å². The van der Waals surface area contributed by atoms with E-state index >= 15 is 0 Å². The van der Waals surface area contributed by atoms with Gasteiger partial charge in [-0.2, -0.15) is 5.48 Å². The number of carboxylic acid groups (broad SMARTS) is 1. The highest BCUT2D eigenvalue weighted by Crippen LogP contribution is 2.49. The summed E-state index contributed by atoms with van der Waals surface area (Å²) in [6.45, 7) is 13.1. The van der Waals surface area contributed by atoms with Crippen molar-refractivity contribution in [2.75, 3.05) is 79.5 Å². The van der Waals surface area contributed by atoms with E-state index in [1.165, 1.54) is 86.1 Å². The highest BCUT2D eigenvalue weighted by atomic mass is 127. The average Bonchev–Trinajstić information content (AvgIpc) is 0.748. The van der Waals surface area contributed by atoms with Crippen LogP contribution in [0.2, 0.25) is 0 Å². The number of allylic oxidation sites excluding steroid dienone is 3. The summed E-state index contributed by atoms with van der Waals surface area (Å²) in [7, 11) is 8.96. The zero-order valence-corrected chi connectivity index (χ0v) is 78.6. The number of anilines is 1. The number of fused-ring (bicyclic) bond motifs is 2. The first-order valence-corrected chi connectivity index (χ1v) is 46.1. The number of nitrogens with zero attached hydrogens (tertiary/aromatic N) is 1. The van der Waals surface area contributed by atoms with Gasteiger partial charge in [-0.15, -0.1) is 0 Å². The lowest BCUT2D eigenvalue weighted by Gasteiger charge is -2.47. The van der Waals surface area contributed by atoms with Gasteiger partial charge in [-0.1, -0.05) is 103 Å². The highest BCUT2D eigenvalue weighted by Gasteiger charge is 2.53. The van der Waals surface area contributed by atoms with E-state index in [1.807, 2.05) is 29.5 Å². The summed E-state index contributed by atoms with van der Waals surface area (Å²) in [5.41, 5.74) is 1.08. The number of ether oxygens (including phenoxy) is 12. The molecule has 3 aliphatic heterocycles. The molecule has 2 aromatic rings. The van der Waals surface area contributed by atoms with Crippen molar-refractivity contribution in [3.05, 3.63) is 79.6 Å². The zero-order chi connectivity index (χ0) is 95.3. The summed E-state index contributed by atoms with van der Waals surface area (Å²) in [6, 6.07) is 2.01. The second-order valence-electron chi connectivity index (χ2n) is 31.1. The maximum absolute atomic E-state index is 14.6. The molecule has 3 heterocycles. The monoisotopic (exact) mass is 1990 g/mol. The van der Waals surface area contributed by atoms with E-state index in [9.17, 15) is 88.8 Å². The number of carboxylic acids is 1. The van der Waals surface area contributed by atoms with E-state index in [0.29, 0.717) is 23.2 Å². The molecular formula is C85H119IN8O32S3. The number of methoxy groups -OCH3 is 5. The Hall–Kier alpha value is -8.02. The first-order valence-electron chi connectivity index (χ1n) is 41.7. The lowest BCUT2D eigenvalue weighted by molar-refractivity contribution is -0.337. The zero-order valence-electron chi connectivity index (χ0n) is 74.0. The number of hydrogen-bond acceptors (Lipinski definition) is 35. The third kappa shape index (κ3) is 30.5. The lowest BCUT2D eigenvalue weighted by atomic mass is 9.75. The van der Waals surface area contributed by atoms with Gasteiger partial charge in [0.1, 0.15) is 55.8 Å². The Labute approximate surface area is 773 Å². The Morgan fingerprint density at radius 2 is 1.53 bits per heavy atom. The Morgan fingerprint density at radius 1 is 0.822 bits per heavy atom. The second kappa shape index (κ2) is 52.4. The van der Waals surface area contributed by atoms with Gasteiger partial charge in [0.15, 0.2) is 41.8 Å². The number of carbonyl (C=O) groups excluding carboxylic acids is 9. The van der Waals surface area contributed by atoms with Gasteiger partial charge in [0.25, 0.3) is 0 Å². The molecule has 40 nitrogen and oxygen atoms in total. The molecule has 0 spiro atoms. The number of hydrogen-bond donors (Lipinski definition) is 16. The van der Waals surface area contributed by atoms with Crippen molar-refractivity contribution in [2.45, 2.75) is 259 Å². The predicted octanol–water partition coefficient (Wildman–Crippen LogP) is 2.54. The van der Waals surface area contributed by atoms with Crippen LogP contribution < -0.4 is 51.6 Å². The van der Waals surface area contributed by atoms with Crippen LogP contribution in [-0.4, -0.2) is 316 Å². The quantitative estimate of drug-likeness (QED) is 0.0113. The van der Waals surface area contributed by atoms with Crippen molar-refractivity contribution < 1.29 is 156 Å². The van der Waals surface area contributed by atoms with Crippen molar-refractivity contribution in [3.8, 4) is 40.9 Å². The number of Topliss-reactive ketones (excluding diaryl/α,β-unsaturated/α-hetero) is 1. The van der Waals surface area contributed by atoms with Crippen molar-refractivity contribution in [3.63, 3.8) is 0 Å². The molecule has 2 aromatic carbocycles. The predicted molar refractivity (Wildman–Crippen MR) is 476 cm³/mol. The number of hydroxylamine groups is 1. The minimum atomic E-state index is -2.27. The number of ketones is 1. The minimum Gasteiger partial charge on any atom is -0.492 e.